The highest BCUT2D eigenvalue weighted by Crippen LogP contribution is 2.31. The minimum Gasteiger partial charge on any atom is -0.326 e. The van der Waals surface area contributed by atoms with E-state index in [1.54, 1.807) is 12.1 Å². The number of nitrogens with zero attached hydrogens (tertiary/aromatic N) is 1. The van der Waals surface area contributed by atoms with Crippen LogP contribution < -0.4 is 5.32 Å². The van der Waals surface area contributed by atoms with E-state index in [1.807, 2.05) is 0 Å². The van der Waals surface area contributed by atoms with Crippen LogP contribution in [0.1, 0.15) is 18.4 Å². The molecule has 1 aliphatic rings. The van der Waals surface area contributed by atoms with Crippen LogP contribution in [0.25, 0.3) is 0 Å². The summed E-state index contributed by atoms with van der Waals surface area (Å²) in [5.41, 5.74) is -0.837. The van der Waals surface area contributed by atoms with Crippen molar-refractivity contribution >= 4 is 37.5 Å². The molecule has 0 radical (unpaired) electrons. The summed E-state index contributed by atoms with van der Waals surface area (Å²) >= 11 is 3.25. The Kier molecular flexibility index (Phi) is 6.35. The predicted octanol–water partition coefficient (Wildman–Crippen LogP) is 4.51. The van der Waals surface area contributed by atoms with Crippen molar-refractivity contribution in [2.45, 2.75) is 23.9 Å². The zero-order chi connectivity index (χ0) is 21.2. The topological polar surface area (TPSA) is 66.5 Å². The first kappa shape index (κ1) is 21.8. The third-order valence-corrected chi connectivity index (χ3v) is 7.07. The van der Waals surface area contributed by atoms with Gasteiger partial charge in [0.05, 0.1) is 16.4 Å². The highest BCUT2D eigenvalue weighted by molar-refractivity contribution is 9.10. The number of rotatable bonds is 4. The van der Waals surface area contributed by atoms with E-state index < -0.39 is 33.6 Å². The van der Waals surface area contributed by atoms with E-state index in [-0.39, 0.29) is 23.7 Å². The lowest BCUT2D eigenvalue weighted by Gasteiger charge is -2.31. The van der Waals surface area contributed by atoms with Gasteiger partial charge in [0.1, 0.15) is 0 Å². The molecule has 3 rings (SSSR count). The number of carbonyl (C=O) groups excluding carboxylic acids is 1. The Morgan fingerprint density at radius 2 is 1.83 bits per heavy atom. The lowest BCUT2D eigenvalue weighted by Crippen LogP contribution is -2.43. The molecule has 156 valence electrons. The Morgan fingerprint density at radius 3 is 2.48 bits per heavy atom. The number of nitrogens with one attached hydrogen (secondary N) is 1. The van der Waals surface area contributed by atoms with Crippen molar-refractivity contribution in [3.8, 4) is 0 Å². The number of alkyl halides is 3. The van der Waals surface area contributed by atoms with Crippen molar-refractivity contribution in [3.05, 3.63) is 58.6 Å². The monoisotopic (exact) mass is 490 g/mol. The molecule has 1 N–H and O–H groups in total. The molecule has 5 nitrogen and oxygen atoms in total. The van der Waals surface area contributed by atoms with Crippen molar-refractivity contribution in [1.29, 1.82) is 0 Å². The Morgan fingerprint density at radius 1 is 1.14 bits per heavy atom. The van der Waals surface area contributed by atoms with Crippen LogP contribution in [0.4, 0.5) is 18.9 Å². The first-order valence-corrected chi connectivity index (χ1v) is 11.0. The maximum absolute atomic E-state index is 12.8. The Hall–Kier alpha value is -1.91. The fraction of sp³-hybridized carbons (Fsp3) is 0.316. The van der Waals surface area contributed by atoms with Gasteiger partial charge in [0.2, 0.25) is 15.9 Å². The second-order valence-electron chi connectivity index (χ2n) is 6.72. The number of piperidine rings is 1. The van der Waals surface area contributed by atoms with Crippen LogP contribution >= 0.6 is 15.9 Å². The molecular weight excluding hydrogens is 473 g/mol. The number of carbonyl (C=O) groups is 1. The summed E-state index contributed by atoms with van der Waals surface area (Å²) in [7, 11) is -3.76. The second-order valence-corrected chi connectivity index (χ2v) is 9.58. The minimum atomic E-state index is -4.51. The number of hydrogen-bond donors (Lipinski definition) is 1. The average molecular weight is 491 g/mol. The molecule has 0 aliphatic carbocycles. The predicted molar refractivity (Wildman–Crippen MR) is 106 cm³/mol. The van der Waals surface area contributed by atoms with Gasteiger partial charge in [-0.25, -0.2) is 8.42 Å². The van der Waals surface area contributed by atoms with Crippen molar-refractivity contribution in [1.82, 2.24) is 4.31 Å². The molecule has 0 unspecified atom stereocenters. The zero-order valence-corrected chi connectivity index (χ0v) is 17.5. The Labute approximate surface area is 175 Å². The fourth-order valence-electron chi connectivity index (χ4n) is 3.15. The van der Waals surface area contributed by atoms with E-state index in [2.05, 4.69) is 21.2 Å². The molecule has 0 aromatic heterocycles. The molecule has 1 atom stereocenters. The first-order chi connectivity index (χ1) is 13.6. The highest BCUT2D eigenvalue weighted by Gasteiger charge is 2.34. The van der Waals surface area contributed by atoms with E-state index in [0.29, 0.717) is 12.8 Å². The van der Waals surface area contributed by atoms with Crippen LogP contribution in [0.3, 0.4) is 0 Å². The summed E-state index contributed by atoms with van der Waals surface area (Å²) in [5, 5.41) is 2.48. The fourth-order valence-corrected chi connectivity index (χ4v) is 4.94. The van der Waals surface area contributed by atoms with Gasteiger partial charge in [-0.15, -0.1) is 0 Å². The van der Waals surface area contributed by atoms with Crippen molar-refractivity contribution < 1.29 is 26.4 Å². The standard InChI is InChI=1S/C19H18BrF3N2O3S/c20-15-6-8-17(9-7-15)29(27,28)25-10-2-3-13(12-25)18(26)24-16-5-1-4-14(11-16)19(21,22)23/h1,4-9,11,13H,2-3,10,12H2,(H,24,26)/t13-/m0/s1. The van der Waals surface area contributed by atoms with Crippen LogP contribution in [0.15, 0.2) is 57.9 Å². The minimum absolute atomic E-state index is 0.0246. The van der Waals surface area contributed by atoms with Gasteiger partial charge in [-0.1, -0.05) is 22.0 Å². The number of amides is 1. The lowest BCUT2D eigenvalue weighted by molar-refractivity contribution is -0.137. The summed E-state index contributed by atoms with van der Waals surface area (Å²) in [6.45, 7) is 0.259. The molecule has 1 fully saturated rings. The number of sulfonamides is 1. The van der Waals surface area contributed by atoms with E-state index >= 15 is 0 Å². The molecule has 2 aromatic rings. The molecule has 0 spiro atoms. The van der Waals surface area contributed by atoms with Crippen LogP contribution in [0, 0.1) is 5.92 Å². The Balaban J connectivity index is 1.72. The summed E-state index contributed by atoms with van der Waals surface area (Å²) in [4.78, 5) is 12.7. The van der Waals surface area contributed by atoms with Crippen molar-refractivity contribution in [2.24, 2.45) is 5.92 Å². The maximum atomic E-state index is 12.8. The maximum Gasteiger partial charge on any atom is 0.416 e. The van der Waals surface area contributed by atoms with Gasteiger partial charge in [0, 0.05) is 23.2 Å². The summed E-state index contributed by atoms with van der Waals surface area (Å²) in [5.74, 6) is -1.15. The molecule has 0 saturated carbocycles. The molecule has 2 aromatic carbocycles. The van der Waals surface area contributed by atoms with Gasteiger partial charge in [0.15, 0.2) is 0 Å². The number of hydrogen-bond acceptors (Lipinski definition) is 3. The van der Waals surface area contributed by atoms with Gasteiger partial charge >= 0.3 is 6.18 Å². The SMILES string of the molecule is O=C(Nc1cccc(C(F)(F)F)c1)[C@H]1CCCN(S(=O)(=O)c2ccc(Br)cc2)C1. The number of benzene rings is 2. The molecular formula is C19H18BrF3N2O3S. The molecule has 1 aliphatic heterocycles. The van der Waals surface area contributed by atoms with Gasteiger partial charge < -0.3 is 5.32 Å². The second kappa shape index (κ2) is 8.45. The third-order valence-electron chi connectivity index (χ3n) is 4.66. The molecule has 1 amide bonds. The van der Waals surface area contributed by atoms with Crippen LogP contribution in [-0.2, 0) is 21.0 Å². The van der Waals surface area contributed by atoms with E-state index in [9.17, 15) is 26.4 Å². The van der Waals surface area contributed by atoms with Crippen LogP contribution in [0.5, 0.6) is 0 Å². The molecule has 29 heavy (non-hydrogen) atoms. The number of halogens is 4. The van der Waals surface area contributed by atoms with E-state index in [4.69, 9.17) is 0 Å². The van der Waals surface area contributed by atoms with Crippen molar-refractivity contribution in [2.75, 3.05) is 18.4 Å². The Bertz CT molecular complexity index is 995. The van der Waals surface area contributed by atoms with E-state index in [0.717, 1.165) is 16.6 Å². The van der Waals surface area contributed by atoms with Crippen LogP contribution in [-0.4, -0.2) is 31.7 Å². The molecule has 1 saturated heterocycles. The average Bonchev–Trinajstić information content (AvgIpc) is 2.68. The summed E-state index contributed by atoms with van der Waals surface area (Å²) in [6.07, 6.45) is -3.57. The largest absolute Gasteiger partial charge is 0.416 e. The normalized spacial score (nSPS) is 18.4. The summed E-state index contributed by atoms with van der Waals surface area (Å²) in [6, 6.07) is 10.6. The molecule has 0 bridgehead atoms. The van der Waals surface area contributed by atoms with Crippen LogP contribution in [0.2, 0.25) is 0 Å². The van der Waals surface area contributed by atoms with Gasteiger partial charge in [-0.05, 0) is 55.3 Å². The zero-order valence-electron chi connectivity index (χ0n) is 15.1. The number of anilines is 1. The first-order valence-electron chi connectivity index (χ1n) is 8.81. The summed E-state index contributed by atoms with van der Waals surface area (Å²) < 4.78 is 66.2. The highest BCUT2D eigenvalue weighted by atomic mass is 79.9. The quantitative estimate of drug-likeness (QED) is 0.685. The molecule has 1 heterocycles. The van der Waals surface area contributed by atoms with Gasteiger partial charge in [-0.2, -0.15) is 17.5 Å². The van der Waals surface area contributed by atoms with Gasteiger partial charge in [-0.3, -0.25) is 4.79 Å². The van der Waals surface area contributed by atoms with E-state index in [1.165, 1.54) is 28.6 Å². The molecule has 10 heteroatoms. The van der Waals surface area contributed by atoms with Crippen molar-refractivity contribution in [3.63, 3.8) is 0 Å². The third kappa shape index (κ3) is 5.18. The lowest BCUT2D eigenvalue weighted by atomic mass is 9.98. The smallest absolute Gasteiger partial charge is 0.326 e. The van der Waals surface area contributed by atoms with Gasteiger partial charge in [0.25, 0.3) is 0 Å².